The van der Waals surface area contributed by atoms with Gasteiger partial charge >= 0.3 is 6.36 Å². The lowest BCUT2D eigenvalue weighted by Gasteiger charge is -2.12. The number of nitrogens with zero attached hydrogens (tertiary/aromatic N) is 2. The molecule has 1 heterocycles. The van der Waals surface area contributed by atoms with Crippen molar-refractivity contribution in [2.24, 2.45) is 0 Å². The third-order valence-corrected chi connectivity index (χ3v) is 5.48. The molecule has 0 bridgehead atoms. The van der Waals surface area contributed by atoms with Gasteiger partial charge in [0.25, 0.3) is 0 Å². The Labute approximate surface area is 168 Å². The first kappa shape index (κ1) is 20.5. The third kappa shape index (κ3) is 4.43. The van der Waals surface area contributed by atoms with Crippen molar-refractivity contribution < 1.29 is 26.3 Å². The molecule has 0 radical (unpaired) electrons. The minimum Gasteiger partial charge on any atom is -0.406 e. The highest BCUT2D eigenvalue weighted by Crippen LogP contribution is 2.34. The summed E-state index contributed by atoms with van der Waals surface area (Å²) in [6.45, 7) is 0. The number of alkyl halides is 3. The van der Waals surface area contributed by atoms with E-state index in [-0.39, 0.29) is 20.6 Å². The van der Waals surface area contributed by atoms with Crippen LogP contribution in [-0.4, -0.2) is 30.8 Å². The number of benzene rings is 2. The molecule has 28 heavy (non-hydrogen) atoms. The minimum absolute atomic E-state index is 0.0680. The summed E-state index contributed by atoms with van der Waals surface area (Å²) in [5, 5.41) is 4.58. The molecule has 0 atom stereocenters. The summed E-state index contributed by atoms with van der Waals surface area (Å²) in [7, 11) is -3.66. The smallest absolute Gasteiger partial charge is 0.406 e. The SMILES string of the molecule is CS(=O)(=O)c1cnn(-c2ccc(OC(F)(F)F)cc2)c1-c1ccc(Cl)c(Cl)c1. The molecule has 11 heteroatoms. The molecule has 0 unspecified atom stereocenters. The van der Waals surface area contributed by atoms with Crippen molar-refractivity contribution in [3.05, 3.63) is 58.7 Å². The number of aromatic nitrogens is 2. The van der Waals surface area contributed by atoms with E-state index in [0.29, 0.717) is 11.3 Å². The lowest BCUT2D eigenvalue weighted by molar-refractivity contribution is -0.274. The Kier molecular flexibility index (Phi) is 5.35. The maximum Gasteiger partial charge on any atom is 0.573 e. The second-order valence-electron chi connectivity index (χ2n) is 5.71. The van der Waals surface area contributed by atoms with Gasteiger partial charge in [0.05, 0.1) is 27.6 Å². The molecule has 0 saturated heterocycles. The fourth-order valence-corrected chi connectivity index (χ4v) is 3.59. The molecule has 3 rings (SSSR count). The number of hydrogen-bond acceptors (Lipinski definition) is 4. The van der Waals surface area contributed by atoms with E-state index in [4.69, 9.17) is 23.2 Å². The molecule has 0 amide bonds. The van der Waals surface area contributed by atoms with E-state index >= 15 is 0 Å². The highest BCUT2D eigenvalue weighted by Gasteiger charge is 2.31. The Morgan fingerprint density at radius 3 is 2.21 bits per heavy atom. The van der Waals surface area contributed by atoms with Crippen LogP contribution in [0.3, 0.4) is 0 Å². The van der Waals surface area contributed by atoms with Gasteiger partial charge < -0.3 is 4.74 Å². The lowest BCUT2D eigenvalue weighted by Crippen LogP contribution is -2.17. The zero-order valence-corrected chi connectivity index (χ0v) is 16.4. The van der Waals surface area contributed by atoms with Crippen LogP contribution in [0, 0.1) is 0 Å². The molecule has 1 aromatic heterocycles. The molecule has 0 aliphatic carbocycles. The van der Waals surface area contributed by atoms with E-state index in [1.165, 1.54) is 28.9 Å². The van der Waals surface area contributed by atoms with Crippen LogP contribution in [0.1, 0.15) is 0 Å². The monoisotopic (exact) mass is 450 g/mol. The molecule has 0 saturated carbocycles. The van der Waals surface area contributed by atoms with E-state index in [9.17, 15) is 21.6 Å². The number of halogens is 5. The van der Waals surface area contributed by atoms with E-state index in [1.54, 1.807) is 6.07 Å². The van der Waals surface area contributed by atoms with Crippen LogP contribution in [0.2, 0.25) is 10.0 Å². The molecule has 148 valence electrons. The van der Waals surface area contributed by atoms with Gasteiger partial charge in [0.2, 0.25) is 0 Å². The van der Waals surface area contributed by atoms with Crippen molar-refractivity contribution in [3.8, 4) is 22.7 Å². The molecule has 2 aromatic carbocycles. The third-order valence-electron chi connectivity index (χ3n) is 3.64. The average molecular weight is 451 g/mol. The normalized spacial score (nSPS) is 12.2. The number of rotatable bonds is 4. The fraction of sp³-hybridized carbons (Fsp3) is 0.118. The zero-order valence-electron chi connectivity index (χ0n) is 14.0. The molecule has 3 aromatic rings. The van der Waals surface area contributed by atoms with Crippen LogP contribution >= 0.6 is 23.2 Å². The van der Waals surface area contributed by atoms with Gasteiger partial charge in [0.1, 0.15) is 10.6 Å². The molecule has 0 aliphatic heterocycles. The van der Waals surface area contributed by atoms with Gasteiger partial charge in [0, 0.05) is 11.8 Å². The van der Waals surface area contributed by atoms with E-state index < -0.39 is 21.9 Å². The molecular formula is C17H11Cl2F3N2O3S. The summed E-state index contributed by atoms with van der Waals surface area (Å²) < 4.78 is 66.5. The van der Waals surface area contributed by atoms with Crippen molar-refractivity contribution in [2.75, 3.05) is 6.26 Å². The van der Waals surface area contributed by atoms with E-state index in [0.717, 1.165) is 24.6 Å². The zero-order chi connectivity index (χ0) is 20.7. The summed E-state index contributed by atoms with van der Waals surface area (Å²) in [5.74, 6) is -0.414. The van der Waals surface area contributed by atoms with Crippen LogP contribution in [0.4, 0.5) is 13.2 Å². The van der Waals surface area contributed by atoms with Gasteiger partial charge in [-0.05, 0) is 36.4 Å². The second-order valence-corrected chi connectivity index (χ2v) is 8.51. The first-order valence-electron chi connectivity index (χ1n) is 7.55. The predicted octanol–water partition coefficient (Wildman–Crippen LogP) is 5.15. The van der Waals surface area contributed by atoms with Gasteiger partial charge in [-0.1, -0.05) is 29.3 Å². The Balaban J connectivity index is 2.14. The van der Waals surface area contributed by atoms with Gasteiger partial charge in [-0.2, -0.15) is 5.10 Å². The molecule has 0 aliphatic rings. The average Bonchev–Trinajstić information content (AvgIpc) is 3.02. The van der Waals surface area contributed by atoms with Crippen LogP contribution in [0.25, 0.3) is 16.9 Å². The highest BCUT2D eigenvalue weighted by atomic mass is 35.5. The fourth-order valence-electron chi connectivity index (χ4n) is 2.50. The van der Waals surface area contributed by atoms with Crippen LogP contribution in [-0.2, 0) is 9.84 Å². The van der Waals surface area contributed by atoms with Gasteiger partial charge in [-0.3, -0.25) is 0 Å². The van der Waals surface area contributed by atoms with Crippen LogP contribution in [0.5, 0.6) is 5.75 Å². The number of hydrogen-bond donors (Lipinski definition) is 0. The molecule has 0 N–H and O–H groups in total. The van der Waals surface area contributed by atoms with Crippen LogP contribution < -0.4 is 4.74 Å². The van der Waals surface area contributed by atoms with Crippen molar-refractivity contribution >= 4 is 33.0 Å². The van der Waals surface area contributed by atoms with Crippen molar-refractivity contribution in [2.45, 2.75) is 11.3 Å². The lowest BCUT2D eigenvalue weighted by atomic mass is 10.1. The molecule has 0 fully saturated rings. The Morgan fingerprint density at radius 2 is 1.68 bits per heavy atom. The number of sulfone groups is 1. The van der Waals surface area contributed by atoms with E-state index in [1.807, 2.05) is 0 Å². The largest absolute Gasteiger partial charge is 0.573 e. The van der Waals surface area contributed by atoms with Crippen molar-refractivity contribution in [3.63, 3.8) is 0 Å². The van der Waals surface area contributed by atoms with Gasteiger partial charge in [-0.25, -0.2) is 13.1 Å². The first-order chi connectivity index (χ1) is 13.0. The maximum absolute atomic E-state index is 12.3. The summed E-state index contributed by atoms with van der Waals surface area (Å²) in [6.07, 6.45) is -2.63. The quantitative estimate of drug-likeness (QED) is 0.551. The summed E-state index contributed by atoms with van der Waals surface area (Å²) >= 11 is 12.0. The topological polar surface area (TPSA) is 61.2 Å². The first-order valence-corrected chi connectivity index (χ1v) is 10.2. The molecule has 0 spiro atoms. The van der Waals surface area contributed by atoms with Gasteiger partial charge in [-0.15, -0.1) is 13.2 Å². The van der Waals surface area contributed by atoms with Crippen molar-refractivity contribution in [1.82, 2.24) is 9.78 Å². The predicted molar refractivity (Wildman–Crippen MR) is 98.8 cm³/mol. The number of ether oxygens (including phenoxy) is 1. The van der Waals surface area contributed by atoms with Crippen molar-refractivity contribution in [1.29, 1.82) is 0 Å². The maximum atomic E-state index is 12.3. The van der Waals surface area contributed by atoms with E-state index in [2.05, 4.69) is 9.84 Å². The molecule has 5 nitrogen and oxygen atoms in total. The Hall–Kier alpha value is -2.23. The molecular weight excluding hydrogens is 440 g/mol. The Bertz CT molecular complexity index is 1130. The summed E-state index contributed by atoms with van der Waals surface area (Å²) in [4.78, 5) is -0.0680. The summed E-state index contributed by atoms with van der Waals surface area (Å²) in [6, 6.07) is 9.39. The van der Waals surface area contributed by atoms with Gasteiger partial charge in [0.15, 0.2) is 9.84 Å². The standard InChI is InChI=1S/C17H11Cl2F3N2O3S/c1-28(25,26)15-9-23-24(16(15)10-2-7-13(18)14(19)8-10)11-3-5-12(6-4-11)27-17(20,21)22/h2-9H,1H3. The Morgan fingerprint density at radius 1 is 1.04 bits per heavy atom. The highest BCUT2D eigenvalue weighted by molar-refractivity contribution is 7.90. The second kappa shape index (κ2) is 7.31. The van der Waals surface area contributed by atoms with Crippen LogP contribution in [0.15, 0.2) is 53.6 Å². The summed E-state index contributed by atoms with van der Waals surface area (Å²) in [5.41, 5.74) is 0.944. The minimum atomic E-state index is -4.82.